The molecule has 0 aliphatic rings. The summed E-state index contributed by atoms with van der Waals surface area (Å²) in [7, 11) is 0. The van der Waals surface area contributed by atoms with Gasteiger partial charge in [-0.2, -0.15) is 0 Å². The van der Waals surface area contributed by atoms with Crippen molar-refractivity contribution >= 4 is 17.6 Å². The van der Waals surface area contributed by atoms with Crippen LogP contribution in [0.25, 0.3) is 0 Å². The van der Waals surface area contributed by atoms with Crippen LogP contribution in [-0.4, -0.2) is 27.4 Å². The van der Waals surface area contributed by atoms with Gasteiger partial charge in [0.25, 0.3) is 11.6 Å². The maximum atomic E-state index is 12.3. The van der Waals surface area contributed by atoms with Crippen LogP contribution in [0.5, 0.6) is 0 Å². The van der Waals surface area contributed by atoms with Crippen molar-refractivity contribution in [2.45, 2.75) is 39.2 Å². The van der Waals surface area contributed by atoms with Gasteiger partial charge >= 0.3 is 5.97 Å². The molecule has 1 rings (SSSR count). The Morgan fingerprint density at radius 3 is 2.33 bits per heavy atom. The van der Waals surface area contributed by atoms with E-state index in [-0.39, 0.29) is 24.1 Å². The minimum atomic E-state index is -1.37. The number of benzene rings is 1. The summed E-state index contributed by atoms with van der Waals surface area (Å²) in [4.78, 5) is 33.8. The Morgan fingerprint density at radius 1 is 1.33 bits per heavy atom. The van der Waals surface area contributed by atoms with E-state index in [2.05, 4.69) is 5.32 Å². The molecule has 1 aromatic carbocycles. The number of nitro benzene ring substituents is 1. The summed E-state index contributed by atoms with van der Waals surface area (Å²) in [5, 5.41) is 22.6. The van der Waals surface area contributed by atoms with Crippen LogP contribution in [-0.2, 0) is 4.79 Å². The lowest BCUT2D eigenvalue weighted by atomic mass is 9.92. The van der Waals surface area contributed by atoms with E-state index >= 15 is 0 Å². The highest BCUT2D eigenvalue weighted by molar-refractivity contribution is 5.99. The molecule has 7 heteroatoms. The molecule has 0 atom stereocenters. The minimum absolute atomic E-state index is 0.108. The van der Waals surface area contributed by atoms with E-state index in [1.807, 2.05) is 0 Å². The Morgan fingerprint density at radius 2 is 1.90 bits per heavy atom. The average Bonchev–Trinajstić information content (AvgIpc) is 2.44. The maximum Gasteiger partial charge on any atom is 0.329 e. The highest BCUT2D eigenvalue weighted by Crippen LogP contribution is 2.20. The summed E-state index contributed by atoms with van der Waals surface area (Å²) in [6, 6.07) is 3.92. The van der Waals surface area contributed by atoms with Crippen LogP contribution in [0.3, 0.4) is 0 Å². The van der Waals surface area contributed by atoms with Gasteiger partial charge in [-0.25, -0.2) is 4.79 Å². The summed E-state index contributed by atoms with van der Waals surface area (Å²) >= 11 is 0. The number of nitrogens with zero attached hydrogens (tertiary/aromatic N) is 1. The van der Waals surface area contributed by atoms with Crippen LogP contribution in [0.4, 0.5) is 5.69 Å². The Bertz CT molecular complexity index is 579. The smallest absolute Gasteiger partial charge is 0.329 e. The molecule has 0 saturated heterocycles. The molecule has 0 radical (unpaired) electrons. The van der Waals surface area contributed by atoms with Crippen molar-refractivity contribution in [3.05, 3.63) is 39.4 Å². The van der Waals surface area contributed by atoms with Gasteiger partial charge in [0.05, 0.1) is 4.92 Å². The average molecular weight is 294 g/mol. The second kappa shape index (κ2) is 6.34. The van der Waals surface area contributed by atoms with Gasteiger partial charge in [0.15, 0.2) is 0 Å². The molecule has 0 saturated carbocycles. The largest absolute Gasteiger partial charge is 0.480 e. The molecule has 0 unspecified atom stereocenters. The third-order valence-corrected chi connectivity index (χ3v) is 3.65. The van der Waals surface area contributed by atoms with Crippen LogP contribution < -0.4 is 5.32 Å². The van der Waals surface area contributed by atoms with Gasteiger partial charge in [0, 0.05) is 17.7 Å². The molecular formula is C14H18N2O5. The van der Waals surface area contributed by atoms with E-state index in [9.17, 15) is 24.8 Å². The second-order valence-corrected chi connectivity index (χ2v) is 4.80. The third kappa shape index (κ3) is 3.36. The molecule has 0 bridgehead atoms. The van der Waals surface area contributed by atoms with Gasteiger partial charge in [-0.3, -0.25) is 14.9 Å². The molecule has 0 heterocycles. The quantitative estimate of drug-likeness (QED) is 0.617. The number of amides is 1. The summed E-state index contributed by atoms with van der Waals surface area (Å²) in [6.07, 6.45) is 0.442. The van der Waals surface area contributed by atoms with Crippen molar-refractivity contribution in [1.82, 2.24) is 5.32 Å². The van der Waals surface area contributed by atoms with E-state index in [4.69, 9.17) is 0 Å². The van der Waals surface area contributed by atoms with Gasteiger partial charge in [0.1, 0.15) is 5.54 Å². The molecule has 0 aromatic heterocycles. The fourth-order valence-electron chi connectivity index (χ4n) is 2.04. The van der Waals surface area contributed by atoms with E-state index in [1.54, 1.807) is 20.8 Å². The number of aryl methyl sites for hydroxylation is 1. The number of carbonyl (C=O) groups is 2. The topological polar surface area (TPSA) is 110 Å². The van der Waals surface area contributed by atoms with E-state index in [1.165, 1.54) is 12.1 Å². The normalized spacial score (nSPS) is 11.0. The molecule has 114 valence electrons. The van der Waals surface area contributed by atoms with Crippen molar-refractivity contribution in [1.29, 1.82) is 0 Å². The van der Waals surface area contributed by atoms with Gasteiger partial charge in [-0.15, -0.1) is 0 Å². The highest BCUT2D eigenvalue weighted by Gasteiger charge is 2.37. The number of hydrogen-bond donors (Lipinski definition) is 2. The predicted octanol–water partition coefficient (Wildman–Crippen LogP) is 2.28. The van der Waals surface area contributed by atoms with Crippen molar-refractivity contribution in [2.75, 3.05) is 0 Å². The SMILES string of the molecule is CCC(CC)(NC(=O)c1cc([N+](=O)[O-])ccc1C)C(=O)O. The van der Waals surface area contributed by atoms with Gasteiger partial charge in [0.2, 0.25) is 0 Å². The first-order chi connectivity index (χ1) is 9.77. The van der Waals surface area contributed by atoms with Gasteiger partial charge in [-0.1, -0.05) is 19.9 Å². The number of hydrogen-bond acceptors (Lipinski definition) is 4. The molecule has 21 heavy (non-hydrogen) atoms. The number of carbonyl (C=O) groups excluding carboxylic acids is 1. The number of aliphatic carboxylic acids is 1. The first kappa shape index (κ1) is 16.6. The molecule has 0 aliphatic heterocycles. The number of non-ortho nitro benzene ring substituents is 1. The lowest BCUT2D eigenvalue weighted by molar-refractivity contribution is -0.384. The molecule has 2 N–H and O–H groups in total. The highest BCUT2D eigenvalue weighted by atomic mass is 16.6. The van der Waals surface area contributed by atoms with Crippen LogP contribution in [0.2, 0.25) is 0 Å². The van der Waals surface area contributed by atoms with E-state index in [0.717, 1.165) is 6.07 Å². The van der Waals surface area contributed by atoms with Crippen molar-refractivity contribution in [3.8, 4) is 0 Å². The minimum Gasteiger partial charge on any atom is -0.480 e. The summed E-state index contributed by atoms with van der Waals surface area (Å²) in [6.45, 7) is 4.97. The second-order valence-electron chi connectivity index (χ2n) is 4.80. The number of nitrogens with one attached hydrogen (secondary N) is 1. The molecule has 0 aliphatic carbocycles. The Kier molecular flexibility index (Phi) is 5.02. The first-order valence-electron chi connectivity index (χ1n) is 6.58. The van der Waals surface area contributed by atoms with Crippen molar-refractivity contribution < 1.29 is 19.6 Å². The zero-order valence-electron chi connectivity index (χ0n) is 12.2. The zero-order valence-corrected chi connectivity index (χ0v) is 12.2. The predicted molar refractivity (Wildman–Crippen MR) is 76.2 cm³/mol. The lowest BCUT2D eigenvalue weighted by Crippen LogP contribution is -2.53. The van der Waals surface area contributed by atoms with Crippen molar-refractivity contribution in [3.63, 3.8) is 0 Å². The third-order valence-electron chi connectivity index (χ3n) is 3.65. The molecule has 0 fully saturated rings. The summed E-state index contributed by atoms with van der Waals surface area (Å²) in [5.74, 6) is -1.74. The number of nitro groups is 1. The summed E-state index contributed by atoms with van der Waals surface area (Å²) in [5.41, 5.74) is -0.922. The maximum absolute atomic E-state index is 12.3. The number of carboxylic acids is 1. The summed E-state index contributed by atoms with van der Waals surface area (Å²) < 4.78 is 0. The Hall–Kier alpha value is -2.44. The Balaban J connectivity index is 3.17. The standard InChI is InChI=1S/C14H18N2O5/c1-4-14(5-2,13(18)19)15-12(17)11-8-10(16(20)21)7-6-9(11)3/h6-8H,4-5H2,1-3H3,(H,15,17)(H,18,19). The Labute approximate surface area is 122 Å². The number of rotatable bonds is 6. The number of carboxylic acid groups (broad SMARTS) is 1. The zero-order chi connectivity index (χ0) is 16.2. The molecule has 1 aromatic rings. The molecule has 1 amide bonds. The fraction of sp³-hybridized carbons (Fsp3) is 0.429. The molecular weight excluding hydrogens is 276 g/mol. The van der Waals surface area contributed by atoms with Crippen LogP contribution >= 0.6 is 0 Å². The molecule has 7 nitrogen and oxygen atoms in total. The molecule has 0 spiro atoms. The van der Waals surface area contributed by atoms with E-state index < -0.39 is 22.3 Å². The monoisotopic (exact) mass is 294 g/mol. The fourth-order valence-corrected chi connectivity index (χ4v) is 2.04. The van der Waals surface area contributed by atoms with Gasteiger partial charge < -0.3 is 10.4 Å². The van der Waals surface area contributed by atoms with Crippen LogP contribution in [0, 0.1) is 17.0 Å². The van der Waals surface area contributed by atoms with Crippen LogP contribution in [0.1, 0.15) is 42.6 Å². The first-order valence-corrected chi connectivity index (χ1v) is 6.58. The lowest BCUT2D eigenvalue weighted by Gasteiger charge is -2.28. The van der Waals surface area contributed by atoms with E-state index in [0.29, 0.717) is 5.56 Å². The van der Waals surface area contributed by atoms with Gasteiger partial charge in [-0.05, 0) is 25.3 Å². The van der Waals surface area contributed by atoms with Crippen LogP contribution in [0.15, 0.2) is 18.2 Å². The van der Waals surface area contributed by atoms with Crippen molar-refractivity contribution in [2.24, 2.45) is 0 Å².